The summed E-state index contributed by atoms with van der Waals surface area (Å²) in [5, 5.41) is 0. The molecule has 1 aromatic rings. The lowest BCUT2D eigenvalue weighted by molar-refractivity contribution is -0.129. The third kappa shape index (κ3) is 2.90. The molecule has 82 valence electrons. The Morgan fingerprint density at radius 3 is 2.60 bits per heavy atom. The predicted molar refractivity (Wildman–Crippen MR) is 60.8 cm³/mol. The molecule has 0 amide bonds. The maximum Gasteiger partial charge on any atom is 0.166 e. The Bertz CT molecular complexity index is 331. The van der Waals surface area contributed by atoms with Gasteiger partial charge in [-0.15, -0.1) is 0 Å². The number of ketones is 1. The average molecular weight is 206 g/mol. The number of benzene rings is 1. The SMILES string of the molecule is CCCC(=O)C(OC)c1ccccc1C. The van der Waals surface area contributed by atoms with Crippen LogP contribution < -0.4 is 0 Å². The molecule has 0 saturated heterocycles. The summed E-state index contributed by atoms with van der Waals surface area (Å²) < 4.78 is 5.28. The van der Waals surface area contributed by atoms with Crippen molar-refractivity contribution in [3.8, 4) is 0 Å². The summed E-state index contributed by atoms with van der Waals surface area (Å²) in [5.41, 5.74) is 2.09. The first-order valence-corrected chi connectivity index (χ1v) is 5.31. The third-order valence-electron chi connectivity index (χ3n) is 2.50. The van der Waals surface area contributed by atoms with E-state index in [0.717, 1.165) is 17.5 Å². The van der Waals surface area contributed by atoms with Gasteiger partial charge in [-0.05, 0) is 24.5 Å². The molecule has 0 fully saturated rings. The number of aryl methyl sites for hydroxylation is 1. The Morgan fingerprint density at radius 1 is 1.40 bits per heavy atom. The molecule has 0 radical (unpaired) electrons. The van der Waals surface area contributed by atoms with Gasteiger partial charge < -0.3 is 4.74 Å². The van der Waals surface area contributed by atoms with Crippen molar-refractivity contribution in [1.29, 1.82) is 0 Å². The van der Waals surface area contributed by atoms with Gasteiger partial charge in [-0.3, -0.25) is 4.79 Å². The number of ether oxygens (including phenoxy) is 1. The molecule has 0 heterocycles. The lowest BCUT2D eigenvalue weighted by Gasteiger charge is -2.16. The molecule has 0 aliphatic carbocycles. The summed E-state index contributed by atoms with van der Waals surface area (Å²) in [6, 6.07) is 7.86. The van der Waals surface area contributed by atoms with Crippen LogP contribution in [-0.4, -0.2) is 12.9 Å². The van der Waals surface area contributed by atoms with E-state index in [2.05, 4.69) is 0 Å². The van der Waals surface area contributed by atoms with Crippen LogP contribution in [0.2, 0.25) is 0 Å². The Labute approximate surface area is 91.3 Å². The standard InChI is InChI=1S/C13H18O2/c1-4-7-12(14)13(15-3)11-9-6-5-8-10(11)2/h5-6,8-9,13H,4,7H2,1-3H3. The molecule has 1 atom stereocenters. The lowest BCUT2D eigenvalue weighted by atomic mass is 9.98. The van der Waals surface area contributed by atoms with Crippen LogP contribution in [0.4, 0.5) is 0 Å². The number of rotatable bonds is 5. The van der Waals surface area contributed by atoms with Crippen LogP contribution in [-0.2, 0) is 9.53 Å². The zero-order valence-electron chi connectivity index (χ0n) is 9.62. The normalized spacial score (nSPS) is 12.5. The second-order valence-electron chi connectivity index (χ2n) is 3.69. The molecule has 0 spiro atoms. The summed E-state index contributed by atoms with van der Waals surface area (Å²) >= 11 is 0. The van der Waals surface area contributed by atoms with Gasteiger partial charge in [-0.25, -0.2) is 0 Å². The highest BCUT2D eigenvalue weighted by atomic mass is 16.5. The van der Waals surface area contributed by atoms with E-state index in [0.29, 0.717) is 6.42 Å². The maximum atomic E-state index is 11.8. The highest BCUT2D eigenvalue weighted by Gasteiger charge is 2.20. The highest BCUT2D eigenvalue weighted by molar-refractivity contribution is 5.84. The molecule has 0 aliphatic heterocycles. The van der Waals surface area contributed by atoms with Gasteiger partial charge in [0.25, 0.3) is 0 Å². The molecule has 0 aliphatic rings. The minimum atomic E-state index is -0.397. The summed E-state index contributed by atoms with van der Waals surface area (Å²) in [7, 11) is 1.59. The fourth-order valence-electron chi connectivity index (χ4n) is 1.69. The number of methoxy groups -OCH3 is 1. The van der Waals surface area contributed by atoms with Crippen molar-refractivity contribution in [2.75, 3.05) is 7.11 Å². The largest absolute Gasteiger partial charge is 0.369 e. The first-order valence-electron chi connectivity index (χ1n) is 5.31. The van der Waals surface area contributed by atoms with E-state index in [1.54, 1.807) is 7.11 Å². The van der Waals surface area contributed by atoms with Crippen LogP contribution in [0.5, 0.6) is 0 Å². The summed E-state index contributed by atoms with van der Waals surface area (Å²) in [4.78, 5) is 11.8. The van der Waals surface area contributed by atoms with Crippen molar-refractivity contribution < 1.29 is 9.53 Å². The van der Waals surface area contributed by atoms with Crippen LogP contribution in [0, 0.1) is 6.92 Å². The first kappa shape index (κ1) is 11.9. The number of carbonyl (C=O) groups excluding carboxylic acids is 1. The first-order chi connectivity index (χ1) is 7.20. The van der Waals surface area contributed by atoms with E-state index in [1.807, 2.05) is 38.1 Å². The van der Waals surface area contributed by atoms with Crippen LogP contribution in [0.25, 0.3) is 0 Å². The fraction of sp³-hybridized carbons (Fsp3) is 0.462. The lowest BCUT2D eigenvalue weighted by Crippen LogP contribution is -2.15. The molecule has 2 heteroatoms. The smallest absolute Gasteiger partial charge is 0.166 e. The van der Waals surface area contributed by atoms with Crippen molar-refractivity contribution in [3.63, 3.8) is 0 Å². The Hall–Kier alpha value is -1.15. The Morgan fingerprint density at radius 2 is 2.07 bits per heavy atom. The van der Waals surface area contributed by atoms with Gasteiger partial charge in [0.05, 0.1) is 0 Å². The van der Waals surface area contributed by atoms with Gasteiger partial charge in [-0.1, -0.05) is 31.2 Å². The van der Waals surface area contributed by atoms with Gasteiger partial charge in [0.15, 0.2) is 5.78 Å². The molecule has 2 nitrogen and oxygen atoms in total. The maximum absolute atomic E-state index is 11.8. The van der Waals surface area contributed by atoms with Crippen molar-refractivity contribution in [3.05, 3.63) is 35.4 Å². The molecule has 0 aromatic heterocycles. The van der Waals surface area contributed by atoms with Gasteiger partial charge in [0.1, 0.15) is 6.10 Å². The number of Topliss-reactive ketones (excluding diaryl/α,β-unsaturated/α-hetero) is 1. The van der Waals surface area contributed by atoms with E-state index in [-0.39, 0.29) is 5.78 Å². The second kappa shape index (κ2) is 5.66. The van der Waals surface area contributed by atoms with Crippen molar-refractivity contribution >= 4 is 5.78 Å². The zero-order valence-corrected chi connectivity index (χ0v) is 9.62. The predicted octanol–water partition coefficient (Wildman–Crippen LogP) is 3.05. The van der Waals surface area contributed by atoms with Crippen molar-refractivity contribution in [1.82, 2.24) is 0 Å². The molecular weight excluding hydrogens is 188 g/mol. The third-order valence-corrected chi connectivity index (χ3v) is 2.50. The number of hydrogen-bond donors (Lipinski definition) is 0. The van der Waals surface area contributed by atoms with E-state index in [4.69, 9.17) is 4.74 Å². The number of carbonyl (C=O) groups is 1. The van der Waals surface area contributed by atoms with Crippen molar-refractivity contribution in [2.45, 2.75) is 32.8 Å². The summed E-state index contributed by atoms with van der Waals surface area (Å²) in [6.07, 6.45) is 1.04. The molecule has 1 rings (SSSR count). The Kier molecular flexibility index (Phi) is 4.50. The van der Waals surface area contributed by atoms with Gasteiger partial charge in [-0.2, -0.15) is 0 Å². The molecule has 0 bridgehead atoms. The molecule has 15 heavy (non-hydrogen) atoms. The Balaban J connectivity index is 2.92. The molecular formula is C13H18O2. The summed E-state index contributed by atoms with van der Waals surface area (Å²) in [6.45, 7) is 4.00. The molecule has 0 N–H and O–H groups in total. The number of hydrogen-bond acceptors (Lipinski definition) is 2. The van der Waals surface area contributed by atoms with E-state index >= 15 is 0 Å². The zero-order chi connectivity index (χ0) is 11.3. The summed E-state index contributed by atoms with van der Waals surface area (Å²) in [5.74, 6) is 0.161. The topological polar surface area (TPSA) is 26.3 Å². The van der Waals surface area contributed by atoms with Gasteiger partial charge in [0, 0.05) is 13.5 Å². The van der Waals surface area contributed by atoms with E-state index in [9.17, 15) is 4.79 Å². The van der Waals surface area contributed by atoms with Crippen molar-refractivity contribution in [2.24, 2.45) is 0 Å². The quantitative estimate of drug-likeness (QED) is 0.740. The monoisotopic (exact) mass is 206 g/mol. The molecule has 1 aromatic carbocycles. The average Bonchev–Trinajstić information content (AvgIpc) is 2.22. The van der Waals surface area contributed by atoms with Gasteiger partial charge in [0.2, 0.25) is 0 Å². The van der Waals surface area contributed by atoms with Crippen LogP contribution in [0.3, 0.4) is 0 Å². The van der Waals surface area contributed by atoms with Gasteiger partial charge >= 0.3 is 0 Å². The van der Waals surface area contributed by atoms with E-state index < -0.39 is 6.10 Å². The molecule has 1 unspecified atom stereocenters. The van der Waals surface area contributed by atoms with Crippen LogP contribution in [0.1, 0.15) is 37.0 Å². The van der Waals surface area contributed by atoms with E-state index in [1.165, 1.54) is 0 Å². The minimum Gasteiger partial charge on any atom is -0.369 e. The highest BCUT2D eigenvalue weighted by Crippen LogP contribution is 2.22. The molecule has 0 saturated carbocycles. The fourth-order valence-corrected chi connectivity index (χ4v) is 1.69. The van der Waals surface area contributed by atoms with Crippen LogP contribution >= 0.6 is 0 Å². The van der Waals surface area contributed by atoms with Crippen LogP contribution in [0.15, 0.2) is 24.3 Å². The second-order valence-corrected chi connectivity index (χ2v) is 3.69. The minimum absolute atomic E-state index is 0.161.